The van der Waals surface area contributed by atoms with Gasteiger partial charge in [0.15, 0.2) is 0 Å². The molecule has 3 heteroatoms. The molecule has 0 nitrogen and oxygen atoms in total. The monoisotopic (exact) mass is 202 g/mol. The minimum atomic E-state index is -4.25. The Bertz CT molecular complexity index is 292. The second-order valence-corrected chi connectivity index (χ2v) is 3.62. The fourth-order valence-electron chi connectivity index (χ4n) is 1.25. The minimum absolute atomic E-state index is 0.163. The molecule has 0 bridgehead atoms. The van der Waals surface area contributed by atoms with Crippen molar-refractivity contribution in [1.29, 1.82) is 0 Å². The first kappa shape index (κ1) is 11.1. The third kappa shape index (κ3) is 3.05. The predicted octanol–water partition coefficient (Wildman–Crippen LogP) is 4.02. The van der Waals surface area contributed by atoms with E-state index in [1.165, 1.54) is 12.2 Å². The average molecular weight is 202 g/mol. The number of rotatable bonds is 0. The van der Waals surface area contributed by atoms with E-state index in [1.54, 1.807) is 13.0 Å². The molecule has 1 aliphatic carbocycles. The van der Waals surface area contributed by atoms with Crippen molar-refractivity contribution in [3.8, 4) is 0 Å². The number of hydrogen-bond acceptors (Lipinski definition) is 0. The molecule has 0 heterocycles. The normalized spacial score (nSPS) is 23.6. The van der Waals surface area contributed by atoms with E-state index in [4.69, 9.17) is 0 Å². The zero-order valence-electron chi connectivity index (χ0n) is 8.23. The van der Waals surface area contributed by atoms with Gasteiger partial charge in [-0.15, -0.1) is 0 Å². The van der Waals surface area contributed by atoms with Crippen LogP contribution in [0.25, 0.3) is 0 Å². The summed E-state index contributed by atoms with van der Waals surface area (Å²) in [6, 6.07) is 0. The van der Waals surface area contributed by atoms with Gasteiger partial charge in [0.1, 0.15) is 0 Å². The number of alkyl halides is 3. The van der Waals surface area contributed by atoms with Crippen LogP contribution in [0, 0.1) is 5.92 Å². The molecule has 0 amide bonds. The van der Waals surface area contributed by atoms with Crippen LogP contribution in [0.3, 0.4) is 0 Å². The van der Waals surface area contributed by atoms with E-state index in [0.717, 1.165) is 6.42 Å². The summed E-state index contributed by atoms with van der Waals surface area (Å²) >= 11 is 0. The maximum absolute atomic E-state index is 12.4. The highest BCUT2D eigenvalue weighted by molar-refractivity contribution is 5.34. The fraction of sp³-hybridized carbons (Fsp3) is 0.455. The first-order valence-corrected chi connectivity index (χ1v) is 4.53. The van der Waals surface area contributed by atoms with Gasteiger partial charge in [0.25, 0.3) is 0 Å². The molecule has 14 heavy (non-hydrogen) atoms. The van der Waals surface area contributed by atoms with E-state index in [1.807, 2.05) is 13.0 Å². The topological polar surface area (TPSA) is 0 Å². The van der Waals surface area contributed by atoms with Crippen molar-refractivity contribution >= 4 is 0 Å². The lowest BCUT2D eigenvalue weighted by molar-refractivity contribution is -0.0882. The molecule has 1 aliphatic rings. The summed E-state index contributed by atoms with van der Waals surface area (Å²) in [5.41, 5.74) is 0.103. The van der Waals surface area contributed by atoms with Crippen LogP contribution in [0.5, 0.6) is 0 Å². The first-order valence-electron chi connectivity index (χ1n) is 4.53. The summed E-state index contributed by atoms with van der Waals surface area (Å²) in [6.07, 6.45) is 2.33. The van der Waals surface area contributed by atoms with Gasteiger partial charge in [0.05, 0.1) is 5.57 Å². The van der Waals surface area contributed by atoms with Gasteiger partial charge < -0.3 is 0 Å². The van der Waals surface area contributed by atoms with Gasteiger partial charge in [-0.1, -0.05) is 30.7 Å². The molecule has 1 unspecified atom stereocenters. The molecule has 1 rings (SSSR count). The zero-order valence-corrected chi connectivity index (χ0v) is 8.23. The maximum Gasteiger partial charge on any atom is 0.416 e. The Balaban J connectivity index is 3.03. The molecule has 0 spiro atoms. The Morgan fingerprint density at radius 1 is 1.36 bits per heavy atom. The largest absolute Gasteiger partial charge is 0.416 e. The van der Waals surface area contributed by atoms with E-state index in [9.17, 15) is 13.2 Å². The molecular formula is C11H13F3. The third-order valence-corrected chi connectivity index (χ3v) is 2.13. The van der Waals surface area contributed by atoms with Crippen molar-refractivity contribution in [2.45, 2.75) is 26.4 Å². The molecule has 0 radical (unpaired) electrons. The summed E-state index contributed by atoms with van der Waals surface area (Å²) < 4.78 is 37.2. The lowest BCUT2D eigenvalue weighted by Crippen LogP contribution is -2.11. The second kappa shape index (κ2) is 4.03. The van der Waals surface area contributed by atoms with Crippen LogP contribution in [0.15, 0.2) is 35.5 Å². The molecule has 0 aliphatic heterocycles. The summed E-state index contributed by atoms with van der Waals surface area (Å²) in [6.45, 7) is 3.59. The van der Waals surface area contributed by atoms with Gasteiger partial charge in [-0.2, -0.15) is 13.2 Å². The predicted molar refractivity (Wildman–Crippen MR) is 50.8 cm³/mol. The van der Waals surface area contributed by atoms with Crippen LogP contribution in [0.2, 0.25) is 0 Å². The minimum Gasteiger partial charge on any atom is -0.166 e. The molecule has 0 saturated heterocycles. The summed E-state index contributed by atoms with van der Waals surface area (Å²) in [5.74, 6) is 0.163. The molecule has 0 N–H and O–H groups in total. The van der Waals surface area contributed by atoms with Gasteiger partial charge in [-0.05, 0) is 25.3 Å². The van der Waals surface area contributed by atoms with Crippen molar-refractivity contribution in [3.63, 3.8) is 0 Å². The zero-order chi connectivity index (χ0) is 10.8. The molecule has 78 valence electrons. The van der Waals surface area contributed by atoms with Crippen molar-refractivity contribution in [2.75, 3.05) is 0 Å². The Morgan fingerprint density at radius 3 is 2.57 bits per heavy atom. The second-order valence-electron chi connectivity index (χ2n) is 3.62. The lowest BCUT2D eigenvalue weighted by Gasteiger charge is -2.12. The fourth-order valence-corrected chi connectivity index (χ4v) is 1.25. The van der Waals surface area contributed by atoms with E-state index >= 15 is 0 Å². The highest BCUT2D eigenvalue weighted by Gasteiger charge is 2.31. The first-order chi connectivity index (χ1) is 6.39. The quantitative estimate of drug-likeness (QED) is 0.556. The Kier molecular flexibility index (Phi) is 3.19. The van der Waals surface area contributed by atoms with Crippen molar-refractivity contribution < 1.29 is 13.2 Å². The van der Waals surface area contributed by atoms with Crippen LogP contribution >= 0.6 is 0 Å². The van der Waals surface area contributed by atoms with E-state index < -0.39 is 11.7 Å². The summed E-state index contributed by atoms with van der Waals surface area (Å²) in [5, 5.41) is 0. The highest BCUT2D eigenvalue weighted by Crippen LogP contribution is 2.29. The standard InChI is InChI=1S/C11H13F3/c1-8-3-4-9(2)7-10(6-5-8)11(12,13)14/h4-8H,3H2,1-2H3. The lowest BCUT2D eigenvalue weighted by atomic mass is 9.99. The third-order valence-electron chi connectivity index (χ3n) is 2.13. The van der Waals surface area contributed by atoms with Crippen LogP contribution in [-0.4, -0.2) is 6.18 Å². The van der Waals surface area contributed by atoms with Crippen LogP contribution in [-0.2, 0) is 0 Å². The Morgan fingerprint density at radius 2 is 2.00 bits per heavy atom. The van der Waals surface area contributed by atoms with Gasteiger partial charge >= 0.3 is 6.18 Å². The summed E-state index contributed by atoms with van der Waals surface area (Å²) in [4.78, 5) is 0. The van der Waals surface area contributed by atoms with E-state index in [-0.39, 0.29) is 5.92 Å². The molecule has 0 aromatic heterocycles. The van der Waals surface area contributed by atoms with Crippen molar-refractivity contribution in [3.05, 3.63) is 35.5 Å². The SMILES string of the molecule is CC1=CCC(C)C=CC(C(F)(F)F)=C1. The molecule has 0 aromatic carbocycles. The number of allylic oxidation sites excluding steroid dienone is 6. The molecule has 0 aromatic rings. The van der Waals surface area contributed by atoms with Crippen molar-refractivity contribution in [1.82, 2.24) is 0 Å². The maximum atomic E-state index is 12.4. The molecular weight excluding hydrogens is 189 g/mol. The van der Waals surface area contributed by atoms with Crippen molar-refractivity contribution in [2.24, 2.45) is 5.92 Å². The Hall–Kier alpha value is -0.990. The average Bonchev–Trinajstić information content (AvgIpc) is 2.03. The van der Waals surface area contributed by atoms with Gasteiger partial charge in [0.2, 0.25) is 0 Å². The van der Waals surface area contributed by atoms with Crippen LogP contribution in [0.4, 0.5) is 13.2 Å². The van der Waals surface area contributed by atoms with Gasteiger partial charge in [-0.25, -0.2) is 0 Å². The molecule has 1 atom stereocenters. The smallest absolute Gasteiger partial charge is 0.166 e. The van der Waals surface area contributed by atoms with Crippen LogP contribution < -0.4 is 0 Å². The number of hydrogen-bond donors (Lipinski definition) is 0. The van der Waals surface area contributed by atoms with Gasteiger partial charge in [-0.3, -0.25) is 0 Å². The molecule has 0 saturated carbocycles. The van der Waals surface area contributed by atoms with Crippen LogP contribution in [0.1, 0.15) is 20.3 Å². The van der Waals surface area contributed by atoms with Gasteiger partial charge in [0, 0.05) is 0 Å². The molecule has 0 fully saturated rings. The number of halogens is 3. The highest BCUT2D eigenvalue weighted by atomic mass is 19.4. The van der Waals surface area contributed by atoms with E-state index in [0.29, 0.717) is 5.57 Å². The van der Waals surface area contributed by atoms with E-state index in [2.05, 4.69) is 0 Å². The summed E-state index contributed by atoms with van der Waals surface area (Å²) in [7, 11) is 0. The Labute approximate surface area is 81.8 Å².